The van der Waals surface area contributed by atoms with Crippen LogP contribution in [0.2, 0.25) is 15.1 Å². The van der Waals surface area contributed by atoms with Gasteiger partial charge in [-0.1, -0.05) is 34.8 Å². The zero-order chi connectivity index (χ0) is 15.6. The normalized spacial score (nSPS) is 21.2. The van der Waals surface area contributed by atoms with Gasteiger partial charge in [0.25, 0.3) is 0 Å². The van der Waals surface area contributed by atoms with Crippen molar-refractivity contribution in [2.45, 2.75) is 30.7 Å². The van der Waals surface area contributed by atoms with Crippen LogP contribution in [0.15, 0.2) is 17.0 Å². The summed E-state index contributed by atoms with van der Waals surface area (Å²) in [5.74, 6) is 0.248. The first kappa shape index (κ1) is 17.3. The molecule has 1 fully saturated rings. The van der Waals surface area contributed by atoms with E-state index in [1.807, 2.05) is 6.92 Å². The third-order valence-electron chi connectivity index (χ3n) is 3.61. The van der Waals surface area contributed by atoms with E-state index in [1.54, 1.807) is 0 Å². The van der Waals surface area contributed by atoms with Gasteiger partial charge in [0.15, 0.2) is 0 Å². The van der Waals surface area contributed by atoms with Crippen LogP contribution in [0, 0.1) is 5.92 Å². The molecule has 0 amide bonds. The summed E-state index contributed by atoms with van der Waals surface area (Å²) >= 11 is 17.8. The fourth-order valence-corrected chi connectivity index (χ4v) is 5.35. The molecule has 2 atom stereocenters. The summed E-state index contributed by atoms with van der Waals surface area (Å²) in [6.07, 6.45) is 2.03. The summed E-state index contributed by atoms with van der Waals surface area (Å²) < 4.78 is 27.7. The van der Waals surface area contributed by atoms with E-state index in [1.165, 1.54) is 12.1 Å². The van der Waals surface area contributed by atoms with Gasteiger partial charge in [-0.2, -0.15) is 0 Å². The number of nitrogens with one attached hydrogen (secondary N) is 2. The quantitative estimate of drug-likeness (QED) is 0.853. The first-order valence-corrected chi connectivity index (χ1v) is 9.30. The molecule has 1 aromatic carbocycles. The fourth-order valence-electron chi connectivity index (χ4n) is 2.49. The van der Waals surface area contributed by atoms with Gasteiger partial charge < -0.3 is 5.32 Å². The Morgan fingerprint density at radius 2 is 1.90 bits per heavy atom. The van der Waals surface area contributed by atoms with E-state index in [9.17, 15) is 8.42 Å². The lowest BCUT2D eigenvalue weighted by molar-refractivity contribution is 0.320. The molecule has 1 aliphatic rings. The van der Waals surface area contributed by atoms with Gasteiger partial charge in [0.05, 0.1) is 10.0 Å². The van der Waals surface area contributed by atoms with Crippen LogP contribution >= 0.6 is 34.8 Å². The Morgan fingerprint density at radius 3 is 2.43 bits per heavy atom. The van der Waals surface area contributed by atoms with Crippen LogP contribution in [0.1, 0.15) is 19.8 Å². The van der Waals surface area contributed by atoms with Crippen LogP contribution in [0.5, 0.6) is 0 Å². The molecule has 0 spiro atoms. The van der Waals surface area contributed by atoms with Crippen LogP contribution in [-0.2, 0) is 10.0 Å². The first-order valence-electron chi connectivity index (χ1n) is 6.69. The molecule has 1 saturated heterocycles. The molecule has 0 bridgehead atoms. The maximum Gasteiger partial charge on any atom is 0.243 e. The second-order valence-electron chi connectivity index (χ2n) is 5.21. The van der Waals surface area contributed by atoms with Crippen LogP contribution in [0.4, 0.5) is 0 Å². The molecule has 0 aliphatic carbocycles. The smallest absolute Gasteiger partial charge is 0.243 e. The number of benzene rings is 1. The zero-order valence-electron chi connectivity index (χ0n) is 11.5. The van der Waals surface area contributed by atoms with E-state index in [0.717, 1.165) is 25.9 Å². The average molecular weight is 372 g/mol. The van der Waals surface area contributed by atoms with Gasteiger partial charge in [-0.15, -0.1) is 0 Å². The maximum absolute atomic E-state index is 12.5. The second-order valence-corrected chi connectivity index (χ2v) is 8.12. The van der Waals surface area contributed by atoms with Gasteiger partial charge in [0.2, 0.25) is 10.0 Å². The Labute approximate surface area is 140 Å². The highest BCUT2D eigenvalue weighted by atomic mass is 35.5. The van der Waals surface area contributed by atoms with Gasteiger partial charge in [0, 0.05) is 11.1 Å². The van der Waals surface area contributed by atoms with Gasteiger partial charge in [-0.25, -0.2) is 13.1 Å². The van der Waals surface area contributed by atoms with Crippen molar-refractivity contribution in [2.24, 2.45) is 5.92 Å². The van der Waals surface area contributed by atoms with E-state index in [0.29, 0.717) is 5.02 Å². The van der Waals surface area contributed by atoms with E-state index >= 15 is 0 Å². The van der Waals surface area contributed by atoms with E-state index in [4.69, 9.17) is 34.8 Å². The molecule has 21 heavy (non-hydrogen) atoms. The van der Waals surface area contributed by atoms with Gasteiger partial charge in [-0.05, 0) is 50.9 Å². The predicted molar refractivity (Wildman–Crippen MR) is 86.8 cm³/mol. The SMILES string of the molecule is CC(NS(=O)(=O)c1c(Cl)cc(Cl)cc1Cl)C1CCCNC1. The van der Waals surface area contributed by atoms with E-state index in [-0.39, 0.29) is 26.9 Å². The summed E-state index contributed by atoms with van der Waals surface area (Å²) in [7, 11) is -3.79. The highest BCUT2D eigenvalue weighted by Crippen LogP contribution is 2.33. The minimum absolute atomic E-state index is 0.0222. The molecule has 0 aromatic heterocycles. The third kappa shape index (κ3) is 4.24. The lowest BCUT2D eigenvalue weighted by Crippen LogP contribution is -2.44. The number of halogens is 3. The Kier molecular flexibility index (Phi) is 5.79. The number of piperidine rings is 1. The number of sulfonamides is 1. The largest absolute Gasteiger partial charge is 0.316 e. The number of hydrogen-bond acceptors (Lipinski definition) is 3. The molecule has 118 valence electrons. The van der Waals surface area contributed by atoms with Crippen LogP contribution in [0.25, 0.3) is 0 Å². The fraction of sp³-hybridized carbons (Fsp3) is 0.538. The minimum atomic E-state index is -3.79. The summed E-state index contributed by atoms with van der Waals surface area (Å²) in [5, 5.41) is 3.61. The topological polar surface area (TPSA) is 58.2 Å². The first-order chi connectivity index (χ1) is 9.81. The lowest BCUT2D eigenvalue weighted by Gasteiger charge is -2.29. The molecule has 2 rings (SSSR count). The molecular weight excluding hydrogens is 355 g/mol. The molecule has 2 N–H and O–H groups in total. The highest BCUT2D eigenvalue weighted by Gasteiger charge is 2.28. The zero-order valence-corrected chi connectivity index (χ0v) is 14.6. The number of rotatable bonds is 4. The molecular formula is C13H17Cl3N2O2S. The molecule has 1 heterocycles. The predicted octanol–water partition coefficient (Wildman–Crippen LogP) is 3.31. The summed E-state index contributed by atoms with van der Waals surface area (Å²) in [6.45, 7) is 3.63. The highest BCUT2D eigenvalue weighted by molar-refractivity contribution is 7.89. The van der Waals surface area contributed by atoms with E-state index < -0.39 is 10.0 Å². The minimum Gasteiger partial charge on any atom is -0.316 e. The standard InChI is InChI=1S/C13H17Cl3N2O2S/c1-8(9-3-2-4-17-7-9)18-21(19,20)13-11(15)5-10(14)6-12(13)16/h5-6,8-9,17-18H,2-4,7H2,1H3. The maximum atomic E-state index is 12.5. The van der Waals surface area contributed by atoms with Crippen molar-refractivity contribution in [3.05, 3.63) is 27.2 Å². The molecule has 1 aromatic rings. The summed E-state index contributed by atoms with van der Waals surface area (Å²) in [6, 6.07) is 2.54. The Balaban J connectivity index is 2.22. The van der Waals surface area contributed by atoms with Crippen LogP contribution in [0.3, 0.4) is 0 Å². The van der Waals surface area contributed by atoms with Gasteiger partial charge in [-0.3, -0.25) is 0 Å². The van der Waals surface area contributed by atoms with Crippen molar-refractivity contribution in [2.75, 3.05) is 13.1 Å². The lowest BCUT2D eigenvalue weighted by atomic mass is 9.94. The van der Waals surface area contributed by atoms with Gasteiger partial charge >= 0.3 is 0 Å². The summed E-state index contributed by atoms with van der Waals surface area (Å²) in [5.41, 5.74) is 0. The monoisotopic (exact) mass is 370 g/mol. The molecule has 0 saturated carbocycles. The van der Waals surface area contributed by atoms with Crippen molar-refractivity contribution < 1.29 is 8.42 Å². The molecule has 0 radical (unpaired) electrons. The molecule has 4 nitrogen and oxygen atoms in total. The molecule has 8 heteroatoms. The van der Waals surface area contributed by atoms with Crippen LogP contribution < -0.4 is 10.0 Å². The second kappa shape index (κ2) is 7.02. The average Bonchev–Trinajstić information content (AvgIpc) is 2.37. The van der Waals surface area contributed by atoms with Crippen molar-refractivity contribution in [3.8, 4) is 0 Å². The summed E-state index contributed by atoms with van der Waals surface area (Å²) in [4.78, 5) is -0.120. The van der Waals surface area contributed by atoms with Gasteiger partial charge in [0.1, 0.15) is 4.90 Å². The van der Waals surface area contributed by atoms with Crippen molar-refractivity contribution >= 4 is 44.8 Å². The van der Waals surface area contributed by atoms with Crippen molar-refractivity contribution in [1.82, 2.24) is 10.0 Å². The Bertz CT molecular complexity index is 593. The number of hydrogen-bond donors (Lipinski definition) is 2. The van der Waals surface area contributed by atoms with Crippen LogP contribution in [-0.4, -0.2) is 27.5 Å². The Hall–Kier alpha value is -0.0400. The molecule has 1 aliphatic heterocycles. The molecule has 2 unspecified atom stereocenters. The third-order valence-corrected chi connectivity index (χ3v) is 6.31. The van der Waals surface area contributed by atoms with Crippen molar-refractivity contribution in [1.29, 1.82) is 0 Å². The Morgan fingerprint density at radius 1 is 1.29 bits per heavy atom. The van der Waals surface area contributed by atoms with Crippen molar-refractivity contribution in [3.63, 3.8) is 0 Å². The van der Waals surface area contributed by atoms with E-state index in [2.05, 4.69) is 10.0 Å².